The number of likely N-dealkylation sites (tertiary alicyclic amines) is 1. The Morgan fingerprint density at radius 1 is 1.21 bits per heavy atom. The van der Waals surface area contributed by atoms with Crippen LogP contribution in [0.2, 0.25) is 0 Å². The molecule has 3 rings (SSSR count). The van der Waals surface area contributed by atoms with E-state index in [0.29, 0.717) is 6.04 Å². The standard InChI is InChI=1S/C22H29N5S/c1-15(28-17(3)23-4)18-6-7-19-14-25-22(13-20(19)12-18)26-16(2)27-10-8-21(24-5)9-11-27/h6-7,12-14,21,24H,1-2,8-11H2,3-5H3,(H,25,26). The highest BCUT2D eigenvalue weighted by atomic mass is 32.2. The third-order valence-electron chi connectivity index (χ3n) is 5.19. The van der Waals surface area contributed by atoms with Crippen molar-refractivity contribution in [3.05, 3.63) is 55.0 Å². The Hall–Kier alpha value is -2.31. The smallest absolute Gasteiger partial charge is 0.131 e. The molecule has 0 radical (unpaired) electrons. The van der Waals surface area contributed by atoms with Crippen molar-refractivity contribution < 1.29 is 0 Å². The highest BCUT2D eigenvalue weighted by Gasteiger charge is 2.18. The molecule has 1 fully saturated rings. The molecule has 6 heteroatoms. The van der Waals surface area contributed by atoms with Crippen molar-refractivity contribution in [2.45, 2.75) is 25.8 Å². The van der Waals surface area contributed by atoms with Crippen LogP contribution in [0.25, 0.3) is 15.7 Å². The minimum Gasteiger partial charge on any atom is -0.359 e. The van der Waals surface area contributed by atoms with Gasteiger partial charge in [-0.2, -0.15) is 0 Å². The van der Waals surface area contributed by atoms with Crippen LogP contribution in [0.4, 0.5) is 5.82 Å². The van der Waals surface area contributed by atoms with Crippen LogP contribution >= 0.6 is 11.8 Å². The molecule has 0 atom stereocenters. The summed E-state index contributed by atoms with van der Waals surface area (Å²) in [7, 11) is 3.83. The zero-order chi connectivity index (χ0) is 20.1. The Bertz CT molecular complexity index is 897. The SMILES string of the molecule is C=C(SC(C)=NC)c1ccc2cnc(NC(=C)N3CCC(NC)CC3)cc2c1. The molecule has 148 valence electrons. The van der Waals surface area contributed by atoms with Crippen LogP contribution in [0.1, 0.15) is 25.3 Å². The van der Waals surface area contributed by atoms with Crippen molar-refractivity contribution >= 4 is 38.3 Å². The number of rotatable bonds is 6. The number of anilines is 1. The van der Waals surface area contributed by atoms with E-state index < -0.39 is 0 Å². The summed E-state index contributed by atoms with van der Waals surface area (Å²) in [5.74, 6) is 1.72. The highest BCUT2D eigenvalue weighted by Crippen LogP contribution is 2.29. The van der Waals surface area contributed by atoms with Crippen LogP contribution in [0, 0.1) is 0 Å². The minimum atomic E-state index is 0.605. The lowest BCUT2D eigenvalue weighted by molar-refractivity contribution is 0.251. The third-order valence-corrected chi connectivity index (χ3v) is 6.15. The second kappa shape index (κ2) is 9.26. The Morgan fingerprint density at radius 2 is 1.96 bits per heavy atom. The lowest BCUT2D eigenvalue weighted by atomic mass is 10.1. The van der Waals surface area contributed by atoms with Gasteiger partial charge in [0.15, 0.2) is 0 Å². The molecule has 1 aliphatic rings. The molecule has 28 heavy (non-hydrogen) atoms. The van der Waals surface area contributed by atoms with Crippen LogP contribution in [0.5, 0.6) is 0 Å². The van der Waals surface area contributed by atoms with Gasteiger partial charge >= 0.3 is 0 Å². The summed E-state index contributed by atoms with van der Waals surface area (Å²) in [5.41, 5.74) is 1.10. The van der Waals surface area contributed by atoms with E-state index in [1.54, 1.807) is 18.8 Å². The van der Waals surface area contributed by atoms with E-state index in [1.807, 2.05) is 20.2 Å². The van der Waals surface area contributed by atoms with Gasteiger partial charge in [-0.05, 0) is 49.9 Å². The fourth-order valence-corrected chi connectivity index (χ4v) is 4.02. The quantitative estimate of drug-likeness (QED) is 0.555. The number of piperidine rings is 1. The molecule has 0 saturated carbocycles. The zero-order valence-electron chi connectivity index (χ0n) is 17.0. The van der Waals surface area contributed by atoms with Gasteiger partial charge < -0.3 is 15.5 Å². The van der Waals surface area contributed by atoms with Gasteiger partial charge in [-0.3, -0.25) is 4.99 Å². The molecule has 1 aromatic heterocycles. The maximum Gasteiger partial charge on any atom is 0.131 e. The topological polar surface area (TPSA) is 52.6 Å². The van der Waals surface area contributed by atoms with E-state index >= 15 is 0 Å². The summed E-state index contributed by atoms with van der Waals surface area (Å²) < 4.78 is 0. The van der Waals surface area contributed by atoms with Crippen molar-refractivity contribution in [3.8, 4) is 0 Å². The Balaban J connectivity index is 1.72. The van der Waals surface area contributed by atoms with Crippen molar-refractivity contribution in [3.63, 3.8) is 0 Å². The van der Waals surface area contributed by atoms with Gasteiger partial charge in [-0.15, -0.1) is 0 Å². The van der Waals surface area contributed by atoms with Crippen LogP contribution in [-0.2, 0) is 0 Å². The predicted octanol–water partition coefficient (Wildman–Crippen LogP) is 4.55. The van der Waals surface area contributed by atoms with E-state index in [0.717, 1.165) is 63.9 Å². The molecule has 1 aromatic carbocycles. The summed E-state index contributed by atoms with van der Waals surface area (Å²) in [5, 5.41) is 9.97. The van der Waals surface area contributed by atoms with Crippen molar-refractivity contribution in [1.29, 1.82) is 0 Å². The van der Waals surface area contributed by atoms with Crippen molar-refractivity contribution in [1.82, 2.24) is 15.2 Å². The number of fused-ring (bicyclic) bond motifs is 1. The number of benzene rings is 1. The highest BCUT2D eigenvalue weighted by molar-refractivity contribution is 8.21. The average Bonchev–Trinajstić information content (AvgIpc) is 2.73. The molecule has 2 N–H and O–H groups in total. The van der Waals surface area contributed by atoms with Crippen molar-refractivity contribution in [2.75, 3.05) is 32.5 Å². The monoisotopic (exact) mass is 395 g/mol. The molecule has 0 aliphatic carbocycles. The zero-order valence-corrected chi connectivity index (χ0v) is 17.8. The summed E-state index contributed by atoms with van der Waals surface area (Å²) in [6.07, 6.45) is 4.16. The largest absolute Gasteiger partial charge is 0.359 e. The first-order chi connectivity index (χ1) is 13.5. The second-order valence-corrected chi connectivity index (χ2v) is 8.31. The summed E-state index contributed by atoms with van der Waals surface area (Å²) >= 11 is 1.60. The number of nitrogens with one attached hydrogen (secondary N) is 2. The normalized spacial score (nSPS) is 15.7. The Labute approximate surface area is 172 Å². The molecule has 5 nitrogen and oxygen atoms in total. The fraction of sp³-hybridized carbons (Fsp3) is 0.364. The molecular weight excluding hydrogens is 366 g/mol. The van der Waals surface area contributed by atoms with Gasteiger partial charge in [0.25, 0.3) is 0 Å². The van der Waals surface area contributed by atoms with Gasteiger partial charge in [-0.25, -0.2) is 4.98 Å². The lowest BCUT2D eigenvalue weighted by Crippen LogP contribution is -2.41. The lowest BCUT2D eigenvalue weighted by Gasteiger charge is -2.34. The number of hydrogen-bond donors (Lipinski definition) is 2. The van der Waals surface area contributed by atoms with E-state index in [2.05, 4.69) is 62.9 Å². The maximum absolute atomic E-state index is 4.55. The van der Waals surface area contributed by atoms with Crippen LogP contribution in [-0.4, -0.2) is 48.2 Å². The van der Waals surface area contributed by atoms with Crippen molar-refractivity contribution in [2.24, 2.45) is 4.99 Å². The number of aromatic nitrogens is 1. The first kappa shape index (κ1) is 20.4. The number of nitrogens with zero attached hydrogens (tertiary/aromatic N) is 3. The van der Waals surface area contributed by atoms with Gasteiger partial charge in [0.05, 0.1) is 10.9 Å². The Morgan fingerprint density at radius 3 is 2.64 bits per heavy atom. The second-order valence-electron chi connectivity index (χ2n) is 7.02. The summed E-state index contributed by atoms with van der Waals surface area (Å²) in [4.78, 5) is 12.0. The maximum atomic E-state index is 4.55. The summed E-state index contributed by atoms with van der Waals surface area (Å²) in [6, 6.07) is 9.00. The average molecular weight is 396 g/mol. The molecule has 2 aromatic rings. The fourth-order valence-electron chi connectivity index (χ4n) is 3.33. The molecule has 0 unspecified atom stereocenters. The van der Waals surface area contributed by atoms with Crippen LogP contribution in [0.15, 0.2) is 54.4 Å². The molecular formula is C22H29N5S. The molecule has 1 saturated heterocycles. The van der Waals surface area contributed by atoms with Crippen LogP contribution in [0.3, 0.4) is 0 Å². The molecule has 0 spiro atoms. The first-order valence-corrected chi connectivity index (χ1v) is 10.4. The number of aliphatic imine (C=N–C) groups is 1. The Kier molecular flexibility index (Phi) is 6.75. The van der Waals surface area contributed by atoms with E-state index in [4.69, 9.17) is 0 Å². The number of hydrogen-bond acceptors (Lipinski definition) is 6. The van der Waals surface area contributed by atoms with Gasteiger partial charge in [-0.1, -0.05) is 37.1 Å². The molecule has 0 bridgehead atoms. The van der Waals surface area contributed by atoms with E-state index in [-0.39, 0.29) is 0 Å². The summed E-state index contributed by atoms with van der Waals surface area (Å²) in [6.45, 7) is 12.4. The number of thioether (sulfide) groups is 1. The van der Waals surface area contributed by atoms with E-state index in [9.17, 15) is 0 Å². The van der Waals surface area contributed by atoms with Gasteiger partial charge in [0.1, 0.15) is 5.82 Å². The number of pyridine rings is 1. The van der Waals surface area contributed by atoms with Gasteiger partial charge in [0.2, 0.25) is 0 Å². The predicted molar refractivity (Wildman–Crippen MR) is 124 cm³/mol. The van der Waals surface area contributed by atoms with E-state index in [1.165, 1.54) is 0 Å². The molecule has 0 amide bonds. The minimum absolute atomic E-state index is 0.605. The first-order valence-electron chi connectivity index (χ1n) is 9.58. The van der Waals surface area contributed by atoms with Crippen LogP contribution < -0.4 is 10.6 Å². The molecule has 2 heterocycles. The molecule has 1 aliphatic heterocycles. The van der Waals surface area contributed by atoms with Gasteiger partial charge in [0, 0.05) is 42.7 Å². The third kappa shape index (κ3) is 4.94.